The first kappa shape index (κ1) is 13.8. The second-order valence-corrected chi connectivity index (χ2v) is 7.33. The molecule has 3 rings (SSSR count). The van der Waals surface area contributed by atoms with Crippen LogP contribution in [0.25, 0.3) is 11.3 Å². The first-order valence-corrected chi connectivity index (χ1v) is 8.17. The number of anilines is 2. The fourth-order valence-electron chi connectivity index (χ4n) is 2.43. The van der Waals surface area contributed by atoms with E-state index in [1.54, 1.807) is 11.3 Å². The average molecular weight is 310 g/mol. The highest BCUT2D eigenvalue weighted by Gasteiger charge is 2.34. The molecule has 2 aromatic rings. The molecule has 0 atom stereocenters. The number of hydrogen-bond acceptors (Lipinski definition) is 7. The van der Waals surface area contributed by atoms with E-state index in [2.05, 4.69) is 28.1 Å². The molecule has 2 N–H and O–H groups in total. The summed E-state index contributed by atoms with van der Waals surface area (Å²) in [6, 6.07) is 0. The third-order valence-electron chi connectivity index (χ3n) is 3.47. The number of nitrogen functional groups attached to an aromatic ring is 1. The maximum Gasteiger partial charge on any atom is 0.148 e. The monoisotopic (exact) mass is 310 g/mol. The minimum atomic E-state index is -0.0585. The fraction of sp³-hybridized carbons (Fsp3) is 0.538. The van der Waals surface area contributed by atoms with Gasteiger partial charge in [-0.05, 0) is 32.3 Å². The van der Waals surface area contributed by atoms with Gasteiger partial charge in [-0.25, -0.2) is 4.98 Å². The molecule has 20 heavy (non-hydrogen) atoms. The molecule has 0 aliphatic carbocycles. The van der Waals surface area contributed by atoms with Crippen molar-refractivity contribution in [3.63, 3.8) is 0 Å². The molecule has 1 aliphatic heterocycles. The lowest BCUT2D eigenvalue weighted by atomic mass is 10.0. The summed E-state index contributed by atoms with van der Waals surface area (Å²) in [5.74, 6) is 0.567. The van der Waals surface area contributed by atoms with Crippen LogP contribution in [0.5, 0.6) is 0 Å². The summed E-state index contributed by atoms with van der Waals surface area (Å²) in [5.41, 5.74) is 7.92. The van der Waals surface area contributed by atoms with Gasteiger partial charge in [0.25, 0.3) is 0 Å². The molecule has 2 aromatic heterocycles. The Labute approximate surface area is 126 Å². The standard InChI is InChI=1S/C13H18N4OS2/c1-8-15-9(6-19-8)10-11(14)16-20-12(10)17-4-5-18-7-13(17,2)3/h6H,4-5,7H2,1-3H3,(H2,14,16). The zero-order valence-corrected chi connectivity index (χ0v) is 13.5. The van der Waals surface area contributed by atoms with E-state index in [1.165, 1.54) is 11.5 Å². The number of ether oxygens (including phenoxy) is 1. The van der Waals surface area contributed by atoms with Gasteiger partial charge in [0.1, 0.15) is 10.8 Å². The van der Waals surface area contributed by atoms with Crippen molar-refractivity contribution in [3.05, 3.63) is 10.4 Å². The van der Waals surface area contributed by atoms with Gasteiger partial charge in [-0.15, -0.1) is 11.3 Å². The summed E-state index contributed by atoms with van der Waals surface area (Å²) in [7, 11) is 0. The molecule has 0 spiro atoms. The molecular formula is C13H18N4OS2. The molecule has 108 valence electrons. The Morgan fingerprint density at radius 2 is 2.25 bits per heavy atom. The molecule has 0 radical (unpaired) electrons. The highest BCUT2D eigenvalue weighted by atomic mass is 32.1. The normalized spacial score (nSPS) is 18.4. The van der Waals surface area contributed by atoms with Crippen LogP contribution >= 0.6 is 22.9 Å². The Hall–Kier alpha value is -1.18. The van der Waals surface area contributed by atoms with Gasteiger partial charge in [0.15, 0.2) is 0 Å². The van der Waals surface area contributed by atoms with Crippen molar-refractivity contribution in [2.24, 2.45) is 0 Å². The lowest BCUT2D eigenvalue weighted by molar-refractivity contribution is 0.0649. The Morgan fingerprint density at radius 1 is 1.45 bits per heavy atom. The Kier molecular flexibility index (Phi) is 3.43. The molecule has 0 saturated carbocycles. The van der Waals surface area contributed by atoms with Crippen molar-refractivity contribution in [3.8, 4) is 11.3 Å². The van der Waals surface area contributed by atoms with Gasteiger partial charge in [0, 0.05) is 11.9 Å². The maximum atomic E-state index is 6.08. The van der Waals surface area contributed by atoms with Crippen molar-refractivity contribution in [2.75, 3.05) is 30.4 Å². The van der Waals surface area contributed by atoms with Crippen molar-refractivity contribution in [1.82, 2.24) is 9.36 Å². The third-order valence-corrected chi connectivity index (χ3v) is 5.12. The smallest absolute Gasteiger partial charge is 0.148 e. The second-order valence-electron chi connectivity index (χ2n) is 5.52. The second kappa shape index (κ2) is 4.98. The highest BCUT2D eigenvalue weighted by molar-refractivity contribution is 7.11. The van der Waals surface area contributed by atoms with Crippen LogP contribution in [-0.2, 0) is 4.74 Å². The van der Waals surface area contributed by atoms with Crippen molar-refractivity contribution < 1.29 is 4.74 Å². The van der Waals surface area contributed by atoms with Crippen LogP contribution in [-0.4, -0.2) is 34.7 Å². The van der Waals surface area contributed by atoms with E-state index in [0.29, 0.717) is 12.4 Å². The molecule has 0 amide bonds. The van der Waals surface area contributed by atoms with Crippen molar-refractivity contribution >= 4 is 33.7 Å². The van der Waals surface area contributed by atoms with Gasteiger partial charge < -0.3 is 15.4 Å². The topological polar surface area (TPSA) is 64.3 Å². The zero-order chi connectivity index (χ0) is 14.3. The van der Waals surface area contributed by atoms with E-state index in [9.17, 15) is 0 Å². The van der Waals surface area contributed by atoms with E-state index >= 15 is 0 Å². The molecule has 0 aromatic carbocycles. The average Bonchev–Trinajstić information content (AvgIpc) is 2.95. The van der Waals surface area contributed by atoms with Crippen LogP contribution in [0.4, 0.5) is 10.8 Å². The van der Waals surface area contributed by atoms with Crippen molar-refractivity contribution in [1.29, 1.82) is 0 Å². The summed E-state index contributed by atoms with van der Waals surface area (Å²) in [6.07, 6.45) is 0. The minimum absolute atomic E-state index is 0.0585. The summed E-state index contributed by atoms with van der Waals surface area (Å²) < 4.78 is 9.94. The maximum absolute atomic E-state index is 6.08. The van der Waals surface area contributed by atoms with E-state index < -0.39 is 0 Å². The van der Waals surface area contributed by atoms with Gasteiger partial charge in [0.2, 0.25) is 0 Å². The number of aryl methyl sites for hydroxylation is 1. The predicted molar refractivity (Wildman–Crippen MR) is 84.6 cm³/mol. The third kappa shape index (κ3) is 2.30. The van der Waals surface area contributed by atoms with E-state index in [4.69, 9.17) is 10.5 Å². The molecule has 1 fully saturated rings. The Bertz CT molecular complexity index is 620. The van der Waals surface area contributed by atoms with Crippen LogP contribution in [0.2, 0.25) is 0 Å². The van der Waals surface area contributed by atoms with E-state index in [-0.39, 0.29) is 5.54 Å². The molecule has 0 bridgehead atoms. The Balaban J connectivity index is 2.06. The number of nitrogens with two attached hydrogens (primary N) is 1. The van der Waals surface area contributed by atoms with Crippen LogP contribution in [0.3, 0.4) is 0 Å². The summed E-state index contributed by atoms with van der Waals surface area (Å²) in [4.78, 5) is 6.91. The SMILES string of the molecule is Cc1nc(-c2c(N)nsc2N2CCOCC2(C)C)cs1. The van der Waals surface area contributed by atoms with Crippen LogP contribution in [0, 0.1) is 6.92 Å². The van der Waals surface area contributed by atoms with Crippen LogP contribution < -0.4 is 10.6 Å². The number of hydrogen-bond donors (Lipinski definition) is 1. The van der Waals surface area contributed by atoms with E-state index in [1.807, 2.05) is 12.3 Å². The number of aromatic nitrogens is 2. The van der Waals surface area contributed by atoms with Crippen molar-refractivity contribution in [2.45, 2.75) is 26.3 Å². The molecular weight excluding hydrogens is 292 g/mol. The van der Waals surface area contributed by atoms with Gasteiger partial charge in [-0.2, -0.15) is 4.37 Å². The fourth-order valence-corrected chi connectivity index (χ4v) is 4.05. The quantitative estimate of drug-likeness (QED) is 0.924. The van der Waals surface area contributed by atoms with E-state index in [0.717, 1.165) is 34.4 Å². The van der Waals surface area contributed by atoms with Gasteiger partial charge >= 0.3 is 0 Å². The summed E-state index contributed by atoms with van der Waals surface area (Å²) >= 11 is 3.08. The molecule has 7 heteroatoms. The molecule has 1 saturated heterocycles. The lowest BCUT2D eigenvalue weighted by Crippen LogP contribution is -2.53. The molecule has 3 heterocycles. The minimum Gasteiger partial charge on any atom is -0.382 e. The Morgan fingerprint density at radius 3 is 2.90 bits per heavy atom. The summed E-state index contributed by atoms with van der Waals surface area (Å²) in [5, 5.41) is 4.19. The van der Waals surface area contributed by atoms with Crippen LogP contribution in [0.15, 0.2) is 5.38 Å². The number of rotatable bonds is 2. The largest absolute Gasteiger partial charge is 0.382 e. The molecule has 5 nitrogen and oxygen atoms in total. The van der Waals surface area contributed by atoms with Gasteiger partial charge in [0.05, 0.1) is 35.0 Å². The molecule has 1 aliphatic rings. The first-order valence-electron chi connectivity index (χ1n) is 6.52. The first-order chi connectivity index (χ1) is 9.49. The van der Waals surface area contributed by atoms with Gasteiger partial charge in [-0.1, -0.05) is 0 Å². The number of morpholine rings is 1. The van der Waals surface area contributed by atoms with Gasteiger partial charge in [-0.3, -0.25) is 0 Å². The predicted octanol–water partition coefficient (Wildman–Crippen LogP) is 2.77. The van der Waals surface area contributed by atoms with Crippen LogP contribution in [0.1, 0.15) is 18.9 Å². The summed E-state index contributed by atoms with van der Waals surface area (Å²) in [6.45, 7) is 8.65. The highest BCUT2D eigenvalue weighted by Crippen LogP contribution is 2.42. The zero-order valence-electron chi connectivity index (χ0n) is 11.8. The number of thiazole rings is 1. The number of nitrogens with zero attached hydrogens (tertiary/aromatic N) is 3. The lowest BCUT2D eigenvalue weighted by Gasteiger charge is -2.43. The molecule has 0 unspecified atom stereocenters.